The standard InChI is InChI=1S/C18H18BrFN4O2/c1-18(2,10-26-15-5-4-12(20)8-21-15)23-17(25)11-6-13-14(19)9-24(3)16(13)22-7-11/h4-9H,10H2,1-3H3,(H,23,25). The second-order valence-corrected chi connectivity index (χ2v) is 7.48. The molecule has 0 aliphatic heterocycles. The average molecular weight is 421 g/mol. The number of fused-ring (bicyclic) bond motifs is 1. The van der Waals surface area contributed by atoms with Gasteiger partial charge in [-0.3, -0.25) is 4.79 Å². The van der Waals surface area contributed by atoms with E-state index in [1.165, 1.54) is 12.1 Å². The van der Waals surface area contributed by atoms with Crippen LogP contribution in [0.1, 0.15) is 24.2 Å². The lowest BCUT2D eigenvalue weighted by Gasteiger charge is -2.26. The lowest BCUT2D eigenvalue weighted by atomic mass is 10.1. The van der Waals surface area contributed by atoms with E-state index >= 15 is 0 Å². The van der Waals surface area contributed by atoms with Crippen LogP contribution in [0.25, 0.3) is 11.0 Å². The first-order chi connectivity index (χ1) is 12.2. The molecule has 3 heterocycles. The third kappa shape index (κ3) is 4.01. The number of pyridine rings is 2. The van der Waals surface area contributed by atoms with Crippen LogP contribution in [0.4, 0.5) is 4.39 Å². The number of amides is 1. The second kappa shape index (κ2) is 7.03. The summed E-state index contributed by atoms with van der Waals surface area (Å²) in [6, 6.07) is 4.50. The van der Waals surface area contributed by atoms with Crippen molar-refractivity contribution in [2.75, 3.05) is 6.61 Å². The number of aryl methyl sites for hydroxylation is 1. The highest BCUT2D eigenvalue weighted by Crippen LogP contribution is 2.25. The molecule has 6 nitrogen and oxygen atoms in total. The summed E-state index contributed by atoms with van der Waals surface area (Å²) in [4.78, 5) is 20.8. The number of hydrogen-bond acceptors (Lipinski definition) is 4. The fraction of sp³-hybridized carbons (Fsp3) is 0.278. The zero-order valence-corrected chi connectivity index (χ0v) is 16.2. The molecule has 0 unspecified atom stereocenters. The molecule has 3 aromatic rings. The molecule has 1 amide bonds. The van der Waals surface area contributed by atoms with E-state index in [-0.39, 0.29) is 12.5 Å². The summed E-state index contributed by atoms with van der Waals surface area (Å²) in [7, 11) is 1.89. The van der Waals surface area contributed by atoms with Crippen LogP contribution in [-0.4, -0.2) is 32.6 Å². The van der Waals surface area contributed by atoms with Crippen LogP contribution in [0.15, 0.2) is 41.3 Å². The van der Waals surface area contributed by atoms with Crippen molar-refractivity contribution >= 4 is 32.9 Å². The number of carbonyl (C=O) groups is 1. The fourth-order valence-electron chi connectivity index (χ4n) is 2.46. The van der Waals surface area contributed by atoms with E-state index in [2.05, 4.69) is 31.2 Å². The number of rotatable bonds is 5. The first-order valence-corrected chi connectivity index (χ1v) is 8.72. The van der Waals surface area contributed by atoms with Gasteiger partial charge in [0, 0.05) is 35.4 Å². The molecule has 3 rings (SSSR count). The van der Waals surface area contributed by atoms with Crippen LogP contribution in [0, 0.1) is 5.82 Å². The lowest BCUT2D eigenvalue weighted by molar-refractivity contribution is 0.0878. The fourth-order valence-corrected chi connectivity index (χ4v) is 3.06. The third-order valence-electron chi connectivity index (χ3n) is 3.76. The Hall–Kier alpha value is -2.48. The maximum absolute atomic E-state index is 12.9. The van der Waals surface area contributed by atoms with Crippen molar-refractivity contribution in [3.05, 3.63) is 52.6 Å². The van der Waals surface area contributed by atoms with Gasteiger partial charge in [0.25, 0.3) is 5.91 Å². The van der Waals surface area contributed by atoms with E-state index in [0.29, 0.717) is 11.4 Å². The molecule has 0 aliphatic carbocycles. The van der Waals surface area contributed by atoms with Crippen molar-refractivity contribution in [1.82, 2.24) is 19.9 Å². The van der Waals surface area contributed by atoms with Crippen molar-refractivity contribution in [2.45, 2.75) is 19.4 Å². The molecule has 3 aromatic heterocycles. The molecule has 0 spiro atoms. The number of ether oxygens (including phenoxy) is 1. The van der Waals surface area contributed by atoms with E-state index in [1.54, 1.807) is 12.3 Å². The normalized spacial score (nSPS) is 11.6. The first kappa shape index (κ1) is 18.3. The van der Waals surface area contributed by atoms with Crippen LogP contribution in [0.3, 0.4) is 0 Å². The molecule has 0 aromatic carbocycles. The lowest BCUT2D eigenvalue weighted by Crippen LogP contribution is -2.47. The Kier molecular flexibility index (Phi) is 4.95. The number of hydrogen-bond donors (Lipinski definition) is 1. The van der Waals surface area contributed by atoms with Crippen LogP contribution in [-0.2, 0) is 7.05 Å². The van der Waals surface area contributed by atoms with Gasteiger partial charge in [-0.25, -0.2) is 14.4 Å². The zero-order valence-electron chi connectivity index (χ0n) is 14.6. The Labute approximate surface area is 158 Å². The number of nitrogens with one attached hydrogen (secondary N) is 1. The van der Waals surface area contributed by atoms with Gasteiger partial charge in [0.05, 0.1) is 17.3 Å². The monoisotopic (exact) mass is 420 g/mol. The van der Waals surface area contributed by atoms with Gasteiger partial charge < -0.3 is 14.6 Å². The molecule has 8 heteroatoms. The Morgan fingerprint density at radius 3 is 2.81 bits per heavy atom. The average Bonchev–Trinajstić information content (AvgIpc) is 2.88. The Balaban J connectivity index is 1.69. The van der Waals surface area contributed by atoms with Crippen molar-refractivity contribution in [3.63, 3.8) is 0 Å². The van der Waals surface area contributed by atoms with Crippen molar-refractivity contribution in [3.8, 4) is 5.88 Å². The van der Waals surface area contributed by atoms with Gasteiger partial charge in [-0.1, -0.05) is 0 Å². The van der Waals surface area contributed by atoms with Gasteiger partial charge in [0.2, 0.25) is 5.88 Å². The highest BCUT2D eigenvalue weighted by Gasteiger charge is 2.23. The molecule has 0 bridgehead atoms. The van der Waals surface area contributed by atoms with E-state index in [1.807, 2.05) is 31.7 Å². The first-order valence-electron chi connectivity index (χ1n) is 7.93. The van der Waals surface area contributed by atoms with Gasteiger partial charge in [-0.15, -0.1) is 0 Å². The highest BCUT2D eigenvalue weighted by atomic mass is 79.9. The molecule has 1 N–H and O–H groups in total. The van der Waals surface area contributed by atoms with E-state index in [0.717, 1.165) is 21.7 Å². The number of nitrogens with zero attached hydrogens (tertiary/aromatic N) is 3. The number of halogens is 2. The largest absolute Gasteiger partial charge is 0.475 e. The Morgan fingerprint density at radius 2 is 2.12 bits per heavy atom. The molecule has 0 fully saturated rings. The van der Waals surface area contributed by atoms with Crippen molar-refractivity contribution < 1.29 is 13.9 Å². The summed E-state index contributed by atoms with van der Waals surface area (Å²) in [6.07, 6.45) is 4.52. The Morgan fingerprint density at radius 1 is 1.35 bits per heavy atom. The molecule has 26 heavy (non-hydrogen) atoms. The summed E-state index contributed by atoms with van der Waals surface area (Å²) >= 11 is 3.47. The van der Waals surface area contributed by atoms with Crippen molar-refractivity contribution in [1.29, 1.82) is 0 Å². The van der Waals surface area contributed by atoms with Crippen LogP contribution < -0.4 is 10.1 Å². The van der Waals surface area contributed by atoms with Crippen LogP contribution in [0.2, 0.25) is 0 Å². The smallest absolute Gasteiger partial charge is 0.253 e. The van der Waals surface area contributed by atoms with Gasteiger partial charge in [0.15, 0.2) is 0 Å². The number of aromatic nitrogens is 3. The molecule has 0 aliphatic rings. The van der Waals surface area contributed by atoms with Gasteiger partial charge in [-0.05, 0) is 41.9 Å². The third-order valence-corrected chi connectivity index (χ3v) is 4.39. The van der Waals surface area contributed by atoms with Crippen LogP contribution in [0.5, 0.6) is 5.88 Å². The molecule has 0 atom stereocenters. The van der Waals surface area contributed by atoms with E-state index in [9.17, 15) is 9.18 Å². The summed E-state index contributed by atoms with van der Waals surface area (Å²) in [6.45, 7) is 3.85. The quantitative estimate of drug-likeness (QED) is 0.685. The van der Waals surface area contributed by atoms with Gasteiger partial charge >= 0.3 is 0 Å². The van der Waals surface area contributed by atoms with Gasteiger partial charge in [0.1, 0.15) is 18.1 Å². The summed E-state index contributed by atoms with van der Waals surface area (Å²) in [5, 5.41) is 3.78. The number of carbonyl (C=O) groups excluding carboxylic acids is 1. The summed E-state index contributed by atoms with van der Waals surface area (Å²) in [5.41, 5.74) is 0.589. The minimum Gasteiger partial charge on any atom is -0.475 e. The topological polar surface area (TPSA) is 69.0 Å². The van der Waals surface area contributed by atoms with Crippen molar-refractivity contribution in [2.24, 2.45) is 7.05 Å². The summed E-state index contributed by atoms with van der Waals surface area (Å²) < 4.78 is 21.2. The predicted molar refractivity (Wildman–Crippen MR) is 99.6 cm³/mol. The maximum Gasteiger partial charge on any atom is 0.253 e. The highest BCUT2D eigenvalue weighted by molar-refractivity contribution is 9.10. The minimum atomic E-state index is -0.657. The maximum atomic E-state index is 12.9. The molecule has 0 radical (unpaired) electrons. The van der Waals surface area contributed by atoms with Crippen LogP contribution >= 0.6 is 15.9 Å². The second-order valence-electron chi connectivity index (χ2n) is 6.62. The molecule has 0 saturated carbocycles. The predicted octanol–water partition coefficient (Wildman–Crippen LogP) is 3.46. The van der Waals surface area contributed by atoms with Gasteiger partial charge in [-0.2, -0.15) is 0 Å². The zero-order chi connectivity index (χ0) is 18.9. The SMILES string of the molecule is Cn1cc(Br)c2cc(C(=O)NC(C)(C)COc3ccc(F)cn3)cnc21. The minimum absolute atomic E-state index is 0.183. The van der Waals surface area contributed by atoms with E-state index in [4.69, 9.17) is 4.74 Å². The summed E-state index contributed by atoms with van der Waals surface area (Å²) in [5.74, 6) is -0.388. The molecule has 136 valence electrons. The molecule has 0 saturated heterocycles. The van der Waals surface area contributed by atoms with E-state index < -0.39 is 11.4 Å². The molecular formula is C18H18BrFN4O2. The Bertz CT molecular complexity index is 954. The molecular weight excluding hydrogens is 403 g/mol.